The van der Waals surface area contributed by atoms with Crippen molar-refractivity contribution >= 4 is 6.21 Å². The van der Waals surface area contributed by atoms with Gasteiger partial charge in [0.2, 0.25) is 0 Å². The SMILES string of the molecule is [O-]/N=C\c1ccccc1[O-].[Ru+2]. The molecule has 0 aliphatic carbocycles. The Morgan fingerprint density at radius 1 is 1.27 bits per heavy atom. The van der Waals surface area contributed by atoms with E-state index in [2.05, 4.69) is 5.16 Å². The van der Waals surface area contributed by atoms with Crippen molar-refractivity contribution in [2.45, 2.75) is 0 Å². The Kier molecular flexibility index (Phi) is 4.47. The van der Waals surface area contributed by atoms with Crippen LogP contribution in [0.2, 0.25) is 0 Å². The summed E-state index contributed by atoms with van der Waals surface area (Å²) in [7, 11) is 0. The zero-order chi connectivity index (χ0) is 7.40. The number of benzene rings is 1. The van der Waals surface area contributed by atoms with Crippen LogP contribution < -0.4 is 5.11 Å². The Balaban J connectivity index is 0.000001000. The fourth-order valence-corrected chi connectivity index (χ4v) is 0.644. The molecule has 0 aromatic heterocycles. The van der Waals surface area contributed by atoms with Gasteiger partial charge in [0.15, 0.2) is 0 Å². The average molecular weight is 236 g/mol. The number of nitrogens with zero attached hydrogens (tertiary/aromatic N) is 1. The van der Waals surface area contributed by atoms with Crippen LogP contribution in [0.25, 0.3) is 0 Å². The van der Waals surface area contributed by atoms with Crippen LogP contribution in [-0.4, -0.2) is 6.21 Å². The van der Waals surface area contributed by atoms with Gasteiger partial charge in [0, 0.05) is 6.21 Å². The quantitative estimate of drug-likeness (QED) is 0.409. The van der Waals surface area contributed by atoms with Gasteiger partial charge in [-0.25, -0.2) is 0 Å². The number of para-hydroxylation sites is 1. The van der Waals surface area contributed by atoms with Crippen LogP contribution >= 0.6 is 0 Å². The minimum atomic E-state index is -0.179. The molecule has 0 radical (unpaired) electrons. The minimum absolute atomic E-state index is 0. The van der Waals surface area contributed by atoms with Crippen LogP contribution in [0.15, 0.2) is 29.4 Å². The third-order valence-corrected chi connectivity index (χ3v) is 1.11. The van der Waals surface area contributed by atoms with Gasteiger partial charge in [0.1, 0.15) is 0 Å². The van der Waals surface area contributed by atoms with E-state index in [0.717, 1.165) is 6.21 Å². The standard InChI is InChI=1S/C7H7NO2.Ru/c9-7-4-2-1-3-6(7)5-8-10;/h1-5,9-10H;/q;+2/p-2/b8-5-;. The first-order chi connectivity index (χ1) is 4.84. The second-order valence-corrected chi connectivity index (χ2v) is 1.77. The molecule has 0 bridgehead atoms. The zero-order valence-electron chi connectivity index (χ0n) is 5.50. The molecule has 0 aliphatic heterocycles. The fraction of sp³-hybridized carbons (Fsp3) is 0. The Hall–Kier alpha value is -0.887. The van der Waals surface area contributed by atoms with Gasteiger partial charge < -0.3 is 15.5 Å². The smallest absolute Gasteiger partial charge is 0.872 e. The van der Waals surface area contributed by atoms with Crippen molar-refractivity contribution in [3.63, 3.8) is 0 Å². The summed E-state index contributed by atoms with van der Waals surface area (Å²) in [4.78, 5) is 0. The second kappa shape index (κ2) is 4.86. The van der Waals surface area contributed by atoms with E-state index >= 15 is 0 Å². The zero-order valence-corrected chi connectivity index (χ0v) is 7.24. The summed E-state index contributed by atoms with van der Waals surface area (Å²) in [6.45, 7) is 0. The molecule has 0 saturated heterocycles. The van der Waals surface area contributed by atoms with Crippen molar-refractivity contribution < 1.29 is 24.6 Å². The molecule has 1 aromatic carbocycles. The molecule has 0 heterocycles. The van der Waals surface area contributed by atoms with E-state index in [0.29, 0.717) is 5.56 Å². The maximum atomic E-state index is 10.8. The van der Waals surface area contributed by atoms with Gasteiger partial charge in [-0.3, -0.25) is 0 Å². The molecule has 0 fully saturated rings. The first-order valence-electron chi connectivity index (χ1n) is 2.76. The van der Waals surface area contributed by atoms with Gasteiger partial charge in [-0.05, 0) is 5.56 Å². The normalized spacial score (nSPS) is 9.45. The average Bonchev–Trinajstić information content (AvgIpc) is 1.94. The van der Waals surface area contributed by atoms with Gasteiger partial charge in [0.05, 0.1) is 0 Å². The third kappa shape index (κ3) is 2.68. The van der Waals surface area contributed by atoms with Gasteiger partial charge in [-0.2, -0.15) is 0 Å². The van der Waals surface area contributed by atoms with Crippen molar-refractivity contribution in [2.24, 2.45) is 5.16 Å². The largest absolute Gasteiger partial charge is 2.00 e. The maximum absolute atomic E-state index is 10.8. The number of hydrogen-bond donors (Lipinski definition) is 0. The van der Waals surface area contributed by atoms with E-state index in [1.54, 1.807) is 18.2 Å². The molecule has 0 spiro atoms. The predicted octanol–water partition coefficient (Wildman–Crippen LogP) is 0.674. The van der Waals surface area contributed by atoms with E-state index in [4.69, 9.17) is 0 Å². The molecular weight excluding hydrogens is 231 g/mol. The minimum Gasteiger partial charge on any atom is -0.872 e. The maximum Gasteiger partial charge on any atom is 2.00 e. The van der Waals surface area contributed by atoms with Gasteiger partial charge in [0.25, 0.3) is 0 Å². The number of hydrogen-bond acceptors (Lipinski definition) is 3. The molecular formula is C7H5NO2Ru. The first kappa shape index (κ1) is 10.1. The molecule has 0 N–H and O–H groups in total. The molecule has 0 saturated carbocycles. The van der Waals surface area contributed by atoms with Crippen molar-refractivity contribution in [2.75, 3.05) is 0 Å². The van der Waals surface area contributed by atoms with Crippen LogP contribution in [0.4, 0.5) is 0 Å². The van der Waals surface area contributed by atoms with Gasteiger partial charge >= 0.3 is 19.5 Å². The first-order valence-corrected chi connectivity index (χ1v) is 2.76. The molecule has 0 unspecified atom stereocenters. The Morgan fingerprint density at radius 2 is 1.91 bits per heavy atom. The summed E-state index contributed by atoms with van der Waals surface area (Å²) in [6, 6.07) is 6.23. The van der Waals surface area contributed by atoms with Crippen molar-refractivity contribution in [3.8, 4) is 5.75 Å². The second-order valence-electron chi connectivity index (χ2n) is 1.77. The Labute approximate surface area is 77.1 Å². The molecule has 4 heteroatoms. The topological polar surface area (TPSA) is 58.5 Å². The van der Waals surface area contributed by atoms with Gasteiger partial charge in [-0.15, -0.1) is 5.75 Å². The molecule has 0 atom stereocenters. The van der Waals surface area contributed by atoms with Crippen molar-refractivity contribution in [1.29, 1.82) is 0 Å². The van der Waals surface area contributed by atoms with E-state index in [1.165, 1.54) is 6.07 Å². The monoisotopic (exact) mass is 237 g/mol. The molecule has 1 aromatic rings. The molecule has 0 amide bonds. The predicted molar refractivity (Wildman–Crippen MR) is 36.8 cm³/mol. The summed E-state index contributed by atoms with van der Waals surface area (Å²) in [5.74, 6) is -0.179. The van der Waals surface area contributed by atoms with E-state index in [1.807, 2.05) is 0 Å². The van der Waals surface area contributed by atoms with E-state index in [-0.39, 0.29) is 25.2 Å². The summed E-state index contributed by atoms with van der Waals surface area (Å²) in [5.41, 5.74) is 0.331. The van der Waals surface area contributed by atoms with Crippen LogP contribution in [0.1, 0.15) is 5.56 Å². The van der Waals surface area contributed by atoms with Crippen LogP contribution in [0.3, 0.4) is 0 Å². The molecule has 58 valence electrons. The van der Waals surface area contributed by atoms with Crippen molar-refractivity contribution in [1.82, 2.24) is 0 Å². The summed E-state index contributed by atoms with van der Waals surface area (Å²) >= 11 is 0. The molecule has 11 heavy (non-hydrogen) atoms. The van der Waals surface area contributed by atoms with Crippen LogP contribution in [0, 0.1) is 5.21 Å². The van der Waals surface area contributed by atoms with Crippen LogP contribution in [0.5, 0.6) is 5.75 Å². The molecule has 3 nitrogen and oxygen atoms in total. The van der Waals surface area contributed by atoms with Crippen molar-refractivity contribution in [3.05, 3.63) is 35.0 Å². The Bertz CT molecular complexity index is 250. The fourth-order valence-electron chi connectivity index (χ4n) is 0.644. The van der Waals surface area contributed by atoms with Crippen LogP contribution in [-0.2, 0) is 19.5 Å². The Morgan fingerprint density at radius 3 is 2.45 bits per heavy atom. The summed E-state index contributed by atoms with van der Waals surface area (Å²) < 4.78 is 0. The van der Waals surface area contributed by atoms with E-state index < -0.39 is 0 Å². The summed E-state index contributed by atoms with van der Waals surface area (Å²) in [6.07, 6.45) is 1.00. The number of rotatable bonds is 1. The molecule has 1 rings (SSSR count). The van der Waals surface area contributed by atoms with Gasteiger partial charge in [-0.1, -0.05) is 24.3 Å². The third-order valence-electron chi connectivity index (χ3n) is 1.11. The summed E-state index contributed by atoms with van der Waals surface area (Å²) in [5, 5.41) is 23.0. The molecule has 0 aliphatic rings. The van der Waals surface area contributed by atoms with E-state index in [9.17, 15) is 10.3 Å².